The van der Waals surface area contributed by atoms with E-state index in [-0.39, 0.29) is 24.1 Å². The summed E-state index contributed by atoms with van der Waals surface area (Å²) in [6, 6.07) is 6.07. The highest BCUT2D eigenvalue weighted by Gasteiger charge is 2.22. The molecule has 6 heteroatoms. The maximum Gasteiger partial charge on any atom is 0.262 e. The predicted molar refractivity (Wildman–Crippen MR) is 108 cm³/mol. The van der Waals surface area contributed by atoms with Crippen molar-refractivity contribution in [3.63, 3.8) is 0 Å². The van der Waals surface area contributed by atoms with Gasteiger partial charge in [-0.1, -0.05) is 18.2 Å². The third kappa shape index (κ3) is 3.30. The number of thiophene rings is 1. The first-order valence-electron chi connectivity index (χ1n) is 9.30. The Hall–Kier alpha value is -2.47. The molecule has 0 saturated carbocycles. The van der Waals surface area contributed by atoms with E-state index in [4.69, 9.17) is 0 Å². The Morgan fingerprint density at radius 3 is 2.89 bits per heavy atom. The number of fused-ring (bicyclic) bond motifs is 3. The second kappa shape index (κ2) is 6.93. The Bertz CT molecular complexity index is 1100. The molecule has 0 bridgehead atoms. The highest BCUT2D eigenvalue weighted by atomic mass is 32.1. The number of aromatic nitrogens is 2. The fourth-order valence-corrected chi connectivity index (χ4v) is 4.91. The van der Waals surface area contributed by atoms with Crippen molar-refractivity contribution in [2.45, 2.75) is 52.6 Å². The first-order chi connectivity index (χ1) is 12.9. The van der Waals surface area contributed by atoms with Crippen LogP contribution in [-0.4, -0.2) is 15.5 Å². The van der Waals surface area contributed by atoms with Gasteiger partial charge < -0.3 is 5.32 Å². The van der Waals surface area contributed by atoms with Gasteiger partial charge in [-0.05, 0) is 62.3 Å². The molecule has 5 nitrogen and oxygen atoms in total. The number of amides is 1. The topological polar surface area (TPSA) is 64.0 Å². The minimum atomic E-state index is -0.184. The minimum absolute atomic E-state index is 0.0123. The van der Waals surface area contributed by atoms with Crippen molar-refractivity contribution in [1.29, 1.82) is 0 Å². The van der Waals surface area contributed by atoms with E-state index in [9.17, 15) is 9.59 Å². The van der Waals surface area contributed by atoms with Crippen molar-refractivity contribution in [3.8, 4) is 0 Å². The lowest BCUT2D eigenvalue weighted by Gasteiger charge is -2.16. The van der Waals surface area contributed by atoms with Crippen LogP contribution in [0, 0.1) is 13.8 Å². The standard InChI is InChI=1S/C21H23N3O2S/c1-12-7-8-15(9-13(12)2)14(3)23-18(25)10-24-11-22-20-19(21(24)26)16-5-4-6-17(16)27-20/h7-9,11,14H,4-6,10H2,1-3H3,(H,23,25). The smallest absolute Gasteiger partial charge is 0.262 e. The molecule has 0 radical (unpaired) electrons. The minimum Gasteiger partial charge on any atom is -0.348 e. The van der Waals surface area contributed by atoms with Crippen LogP contribution in [0.1, 0.15) is 46.5 Å². The Morgan fingerprint density at radius 1 is 1.30 bits per heavy atom. The fraction of sp³-hybridized carbons (Fsp3) is 0.381. The Balaban J connectivity index is 1.53. The molecule has 1 unspecified atom stereocenters. The molecule has 0 saturated heterocycles. The molecule has 3 aromatic rings. The summed E-state index contributed by atoms with van der Waals surface area (Å²) in [5, 5.41) is 3.70. The second-order valence-corrected chi connectivity index (χ2v) is 8.43. The normalized spacial score (nSPS) is 14.3. The molecule has 1 atom stereocenters. The number of hydrogen-bond acceptors (Lipinski definition) is 4. The molecule has 1 aliphatic carbocycles. The molecule has 1 amide bonds. The van der Waals surface area contributed by atoms with E-state index in [2.05, 4.69) is 36.3 Å². The number of carbonyl (C=O) groups excluding carboxylic acids is 1. The average Bonchev–Trinajstić information content (AvgIpc) is 3.20. The molecule has 1 N–H and O–H groups in total. The van der Waals surface area contributed by atoms with Crippen molar-refractivity contribution in [3.05, 3.63) is 62.0 Å². The van der Waals surface area contributed by atoms with E-state index in [0.29, 0.717) is 5.39 Å². The van der Waals surface area contributed by atoms with Gasteiger partial charge in [0, 0.05) is 4.88 Å². The zero-order valence-corrected chi connectivity index (χ0v) is 16.7. The van der Waals surface area contributed by atoms with Gasteiger partial charge in [-0.25, -0.2) is 4.98 Å². The maximum absolute atomic E-state index is 12.9. The van der Waals surface area contributed by atoms with Crippen LogP contribution in [-0.2, 0) is 24.2 Å². The van der Waals surface area contributed by atoms with Crippen LogP contribution in [0.15, 0.2) is 29.3 Å². The zero-order chi connectivity index (χ0) is 19.1. The molecule has 0 fully saturated rings. The van der Waals surface area contributed by atoms with Crippen molar-refractivity contribution in [2.24, 2.45) is 0 Å². The summed E-state index contributed by atoms with van der Waals surface area (Å²) in [6.07, 6.45) is 4.56. The Labute approximate surface area is 162 Å². The summed E-state index contributed by atoms with van der Waals surface area (Å²) in [5.41, 5.74) is 4.53. The van der Waals surface area contributed by atoms with E-state index < -0.39 is 0 Å². The number of benzene rings is 1. The van der Waals surface area contributed by atoms with Gasteiger partial charge in [0.05, 0.1) is 17.8 Å². The number of rotatable bonds is 4. The molecule has 0 aliphatic heterocycles. The first kappa shape index (κ1) is 17.9. The van der Waals surface area contributed by atoms with Gasteiger partial charge in [0.15, 0.2) is 0 Å². The van der Waals surface area contributed by atoms with Gasteiger partial charge in [-0.15, -0.1) is 11.3 Å². The molecular weight excluding hydrogens is 358 g/mol. The number of nitrogens with one attached hydrogen (secondary N) is 1. The second-order valence-electron chi connectivity index (χ2n) is 7.35. The third-order valence-corrected chi connectivity index (χ3v) is 6.61. The van der Waals surface area contributed by atoms with E-state index in [1.54, 1.807) is 11.3 Å². The highest BCUT2D eigenvalue weighted by molar-refractivity contribution is 7.18. The van der Waals surface area contributed by atoms with Gasteiger partial charge >= 0.3 is 0 Å². The highest BCUT2D eigenvalue weighted by Crippen LogP contribution is 2.34. The number of aryl methyl sites for hydroxylation is 4. The predicted octanol–water partition coefficient (Wildman–Crippen LogP) is 3.44. The molecule has 140 valence electrons. The van der Waals surface area contributed by atoms with Crippen LogP contribution >= 0.6 is 11.3 Å². The van der Waals surface area contributed by atoms with Crippen LogP contribution < -0.4 is 10.9 Å². The van der Waals surface area contributed by atoms with Crippen LogP contribution in [0.25, 0.3) is 10.2 Å². The fourth-order valence-electron chi connectivity index (χ4n) is 3.69. The largest absolute Gasteiger partial charge is 0.348 e. The molecule has 2 aromatic heterocycles. The van der Waals surface area contributed by atoms with Gasteiger partial charge in [0.2, 0.25) is 5.91 Å². The molecule has 2 heterocycles. The number of carbonyl (C=O) groups is 1. The Kier molecular flexibility index (Phi) is 4.60. The first-order valence-corrected chi connectivity index (χ1v) is 10.1. The molecule has 0 spiro atoms. The monoisotopic (exact) mass is 381 g/mol. The van der Waals surface area contributed by atoms with Gasteiger partial charge in [-0.3, -0.25) is 14.2 Å². The maximum atomic E-state index is 12.9. The van der Waals surface area contributed by atoms with Crippen molar-refractivity contribution in [1.82, 2.24) is 14.9 Å². The van der Waals surface area contributed by atoms with Crippen LogP contribution in [0.2, 0.25) is 0 Å². The Morgan fingerprint density at radius 2 is 2.11 bits per heavy atom. The van der Waals surface area contributed by atoms with Crippen molar-refractivity contribution >= 4 is 27.5 Å². The third-order valence-electron chi connectivity index (χ3n) is 5.41. The zero-order valence-electron chi connectivity index (χ0n) is 15.8. The lowest BCUT2D eigenvalue weighted by molar-refractivity contribution is -0.122. The summed E-state index contributed by atoms with van der Waals surface area (Å²) in [5.74, 6) is -0.184. The van der Waals surface area contributed by atoms with Crippen LogP contribution in [0.5, 0.6) is 0 Å². The molecule has 4 rings (SSSR count). The number of hydrogen-bond donors (Lipinski definition) is 1. The number of nitrogens with zero attached hydrogens (tertiary/aromatic N) is 2. The summed E-state index contributed by atoms with van der Waals surface area (Å²) >= 11 is 1.61. The lowest BCUT2D eigenvalue weighted by atomic mass is 10.0. The molecule has 27 heavy (non-hydrogen) atoms. The molecule has 1 aromatic carbocycles. The molecule has 1 aliphatic rings. The van der Waals surface area contributed by atoms with Gasteiger partial charge in [0.1, 0.15) is 11.4 Å². The molecular formula is C21H23N3O2S. The summed E-state index contributed by atoms with van der Waals surface area (Å²) in [7, 11) is 0. The van der Waals surface area contributed by atoms with Crippen molar-refractivity contribution < 1.29 is 4.79 Å². The van der Waals surface area contributed by atoms with E-state index in [1.807, 2.05) is 13.0 Å². The SMILES string of the molecule is Cc1ccc(C(C)NC(=O)Cn2cnc3sc4c(c3c2=O)CCC4)cc1C. The van der Waals surface area contributed by atoms with E-state index in [0.717, 1.165) is 35.2 Å². The van der Waals surface area contributed by atoms with E-state index in [1.165, 1.54) is 26.9 Å². The van der Waals surface area contributed by atoms with Crippen LogP contribution in [0.4, 0.5) is 0 Å². The average molecular weight is 382 g/mol. The van der Waals surface area contributed by atoms with E-state index >= 15 is 0 Å². The lowest BCUT2D eigenvalue weighted by Crippen LogP contribution is -2.34. The van der Waals surface area contributed by atoms with Gasteiger partial charge in [0.25, 0.3) is 5.56 Å². The summed E-state index contributed by atoms with van der Waals surface area (Å²) < 4.78 is 1.43. The van der Waals surface area contributed by atoms with Crippen molar-refractivity contribution in [2.75, 3.05) is 0 Å². The quantitative estimate of drug-likeness (QED) is 0.753. The summed E-state index contributed by atoms with van der Waals surface area (Å²) in [4.78, 5) is 31.9. The van der Waals surface area contributed by atoms with Gasteiger partial charge in [-0.2, -0.15) is 0 Å². The summed E-state index contributed by atoms with van der Waals surface area (Å²) in [6.45, 7) is 6.08. The van der Waals surface area contributed by atoms with Crippen LogP contribution in [0.3, 0.4) is 0 Å².